The van der Waals surface area contributed by atoms with E-state index in [1.165, 1.54) is 11.3 Å². The molecule has 2 aromatic rings. The van der Waals surface area contributed by atoms with Crippen molar-refractivity contribution in [1.82, 2.24) is 15.6 Å². The zero-order valence-corrected chi connectivity index (χ0v) is 16.2. The van der Waals surface area contributed by atoms with Gasteiger partial charge >= 0.3 is 12.0 Å². The second kappa shape index (κ2) is 9.13. The monoisotopic (exact) mass is 390 g/mol. The van der Waals surface area contributed by atoms with E-state index in [2.05, 4.69) is 20.9 Å². The molecule has 9 heteroatoms. The molecule has 0 aliphatic rings. The minimum atomic E-state index is -0.731. The molecular formula is C18H22N4O4S. The average molecular weight is 390 g/mol. The Morgan fingerprint density at radius 3 is 2.52 bits per heavy atom. The first-order valence-corrected chi connectivity index (χ1v) is 9.13. The number of carbonyl (C=O) groups excluding carboxylic acids is 3. The van der Waals surface area contributed by atoms with Crippen molar-refractivity contribution in [2.24, 2.45) is 0 Å². The summed E-state index contributed by atoms with van der Waals surface area (Å²) in [6.07, 6.45) is 0. The molecule has 1 aromatic carbocycles. The van der Waals surface area contributed by atoms with Crippen LogP contribution in [0.25, 0.3) is 0 Å². The summed E-state index contributed by atoms with van der Waals surface area (Å²) in [5.74, 6) is -1.45. The molecule has 0 unspecified atom stereocenters. The second-order valence-corrected chi connectivity index (χ2v) is 7.56. The summed E-state index contributed by atoms with van der Waals surface area (Å²) in [6.45, 7) is 5.35. The molecule has 3 N–H and O–H groups in total. The normalized spacial score (nSPS) is 10.8. The molecule has 3 amide bonds. The van der Waals surface area contributed by atoms with Crippen LogP contribution in [0.15, 0.2) is 35.7 Å². The highest BCUT2D eigenvalue weighted by molar-refractivity contribution is 7.13. The van der Waals surface area contributed by atoms with Gasteiger partial charge in [-0.1, -0.05) is 30.3 Å². The van der Waals surface area contributed by atoms with Crippen molar-refractivity contribution in [3.8, 4) is 0 Å². The third-order valence-electron chi connectivity index (χ3n) is 3.08. The molecule has 0 saturated heterocycles. The van der Waals surface area contributed by atoms with Gasteiger partial charge in [-0.05, 0) is 26.3 Å². The zero-order chi connectivity index (χ0) is 19.9. The Hall–Kier alpha value is -2.94. The number of anilines is 1. The van der Waals surface area contributed by atoms with Crippen LogP contribution in [0.1, 0.15) is 36.8 Å². The van der Waals surface area contributed by atoms with E-state index in [4.69, 9.17) is 4.74 Å². The van der Waals surface area contributed by atoms with Crippen LogP contribution in [0.2, 0.25) is 0 Å². The lowest BCUT2D eigenvalue weighted by atomic mass is 10.1. The largest absolute Gasteiger partial charge is 0.451 e. The van der Waals surface area contributed by atoms with Crippen molar-refractivity contribution < 1.29 is 19.1 Å². The van der Waals surface area contributed by atoms with Crippen molar-refractivity contribution in [1.29, 1.82) is 0 Å². The van der Waals surface area contributed by atoms with Crippen LogP contribution in [0.4, 0.5) is 9.93 Å². The number of urea groups is 1. The first kappa shape index (κ1) is 20.4. The third-order valence-corrected chi connectivity index (χ3v) is 3.88. The molecule has 0 bridgehead atoms. The topological polar surface area (TPSA) is 109 Å². The van der Waals surface area contributed by atoms with Crippen LogP contribution < -0.4 is 16.0 Å². The molecule has 0 spiro atoms. The van der Waals surface area contributed by atoms with Gasteiger partial charge < -0.3 is 15.4 Å². The van der Waals surface area contributed by atoms with Gasteiger partial charge in [0.1, 0.15) is 0 Å². The zero-order valence-electron chi connectivity index (χ0n) is 15.4. The summed E-state index contributed by atoms with van der Waals surface area (Å²) in [6, 6.07) is 9.12. The van der Waals surface area contributed by atoms with Gasteiger partial charge in [-0.2, -0.15) is 0 Å². The van der Waals surface area contributed by atoms with Crippen LogP contribution in [0.5, 0.6) is 0 Å². The highest BCUT2D eigenvalue weighted by atomic mass is 32.1. The van der Waals surface area contributed by atoms with E-state index in [-0.39, 0.29) is 5.69 Å². The van der Waals surface area contributed by atoms with Crippen molar-refractivity contribution in [2.75, 3.05) is 11.9 Å². The first-order chi connectivity index (χ1) is 12.7. The summed E-state index contributed by atoms with van der Waals surface area (Å²) in [4.78, 5) is 39.3. The van der Waals surface area contributed by atoms with Crippen molar-refractivity contribution in [2.45, 2.75) is 32.9 Å². The Bertz CT molecular complexity index is 799. The molecule has 0 aliphatic heterocycles. The smallest absolute Gasteiger partial charge is 0.358 e. The maximum atomic E-state index is 12.0. The SMILES string of the molecule is CC(C)(C)NC(=O)NC(=O)COC(=O)c1csc(NCc2ccccc2)n1. The van der Waals surface area contributed by atoms with Gasteiger partial charge in [0.2, 0.25) is 0 Å². The Kier molecular flexibility index (Phi) is 6.89. The Labute approximate surface area is 161 Å². The van der Waals surface area contributed by atoms with E-state index in [0.29, 0.717) is 11.7 Å². The molecule has 1 heterocycles. The molecule has 0 atom stereocenters. The molecule has 0 saturated carbocycles. The van der Waals surface area contributed by atoms with Crippen LogP contribution in [0.3, 0.4) is 0 Å². The van der Waals surface area contributed by atoms with E-state index < -0.39 is 30.1 Å². The second-order valence-electron chi connectivity index (χ2n) is 6.71. The molecular weight excluding hydrogens is 368 g/mol. The van der Waals surface area contributed by atoms with Gasteiger partial charge in [-0.25, -0.2) is 14.6 Å². The minimum Gasteiger partial charge on any atom is -0.451 e. The molecule has 1 aromatic heterocycles. The fraction of sp³-hybridized carbons (Fsp3) is 0.333. The molecule has 27 heavy (non-hydrogen) atoms. The number of esters is 1. The minimum absolute atomic E-state index is 0.0995. The molecule has 0 radical (unpaired) electrons. The van der Waals surface area contributed by atoms with E-state index in [1.807, 2.05) is 30.3 Å². The number of benzene rings is 1. The van der Waals surface area contributed by atoms with Gasteiger partial charge in [-0.15, -0.1) is 11.3 Å². The molecule has 0 fully saturated rings. The Morgan fingerprint density at radius 2 is 1.85 bits per heavy atom. The number of nitrogens with zero attached hydrogens (tertiary/aromatic N) is 1. The van der Waals surface area contributed by atoms with E-state index in [9.17, 15) is 14.4 Å². The van der Waals surface area contributed by atoms with Crippen LogP contribution >= 0.6 is 11.3 Å². The lowest BCUT2D eigenvalue weighted by Crippen LogP contribution is -2.49. The quantitative estimate of drug-likeness (QED) is 0.654. The highest BCUT2D eigenvalue weighted by Crippen LogP contribution is 2.17. The standard InChI is InChI=1S/C18H22N4O4S/c1-18(2,3)22-16(25)21-14(23)10-26-15(24)13-11-27-17(20-13)19-9-12-7-5-4-6-8-12/h4-8,11H,9-10H2,1-3H3,(H,19,20)(H2,21,22,23,25). The highest BCUT2D eigenvalue weighted by Gasteiger charge is 2.18. The number of rotatable bonds is 6. The van der Waals surface area contributed by atoms with Crippen LogP contribution in [0, 0.1) is 0 Å². The summed E-state index contributed by atoms with van der Waals surface area (Å²) < 4.78 is 4.88. The van der Waals surface area contributed by atoms with Gasteiger partial charge in [-0.3, -0.25) is 10.1 Å². The van der Waals surface area contributed by atoms with Gasteiger partial charge in [0, 0.05) is 17.5 Å². The number of hydrogen-bond donors (Lipinski definition) is 3. The maximum Gasteiger partial charge on any atom is 0.358 e. The van der Waals surface area contributed by atoms with Crippen LogP contribution in [-0.2, 0) is 16.1 Å². The predicted octanol–water partition coefficient (Wildman–Crippen LogP) is 2.54. The third kappa shape index (κ3) is 7.45. The number of carbonyl (C=O) groups is 3. The number of imide groups is 1. The molecule has 0 aliphatic carbocycles. The first-order valence-electron chi connectivity index (χ1n) is 8.25. The van der Waals surface area contributed by atoms with Gasteiger partial charge in [0.15, 0.2) is 17.4 Å². The summed E-state index contributed by atoms with van der Waals surface area (Å²) in [5, 5.41) is 9.89. The van der Waals surface area contributed by atoms with Crippen molar-refractivity contribution in [3.63, 3.8) is 0 Å². The summed E-state index contributed by atoms with van der Waals surface area (Å²) >= 11 is 1.26. The predicted molar refractivity (Wildman–Crippen MR) is 103 cm³/mol. The van der Waals surface area contributed by atoms with Crippen LogP contribution in [-0.4, -0.2) is 35.0 Å². The molecule has 2 rings (SSSR count). The average Bonchev–Trinajstić information content (AvgIpc) is 3.06. The number of nitrogens with one attached hydrogen (secondary N) is 3. The molecule has 8 nitrogen and oxygen atoms in total. The van der Waals surface area contributed by atoms with Crippen molar-refractivity contribution in [3.05, 3.63) is 47.0 Å². The maximum absolute atomic E-state index is 12.0. The number of ether oxygens (including phenoxy) is 1. The summed E-state index contributed by atoms with van der Waals surface area (Å²) in [5.41, 5.74) is 0.703. The fourth-order valence-corrected chi connectivity index (χ4v) is 2.64. The summed E-state index contributed by atoms with van der Waals surface area (Å²) in [7, 11) is 0. The van der Waals surface area contributed by atoms with E-state index in [0.717, 1.165) is 5.56 Å². The molecule has 144 valence electrons. The lowest BCUT2D eigenvalue weighted by molar-refractivity contribution is -0.123. The van der Waals surface area contributed by atoms with Gasteiger partial charge in [0.05, 0.1) is 0 Å². The van der Waals surface area contributed by atoms with E-state index >= 15 is 0 Å². The van der Waals surface area contributed by atoms with E-state index in [1.54, 1.807) is 26.2 Å². The van der Waals surface area contributed by atoms with Gasteiger partial charge in [0.25, 0.3) is 5.91 Å². The Morgan fingerprint density at radius 1 is 1.15 bits per heavy atom. The number of aromatic nitrogens is 1. The fourth-order valence-electron chi connectivity index (χ4n) is 1.96. The van der Waals surface area contributed by atoms with Crippen molar-refractivity contribution >= 4 is 34.4 Å². The number of thiazole rings is 1. The Balaban J connectivity index is 1.77. The number of hydrogen-bond acceptors (Lipinski definition) is 7. The lowest BCUT2D eigenvalue weighted by Gasteiger charge is -2.20. The number of amides is 3.